The van der Waals surface area contributed by atoms with Crippen LogP contribution in [0.3, 0.4) is 0 Å². The molecule has 0 amide bonds. The van der Waals surface area contributed by atoms with E-state index in [0.29, 0.717) is 12.2 Å². The molecule has 0 aromatic carbocycles. The predicted molar refractivity (Wildman–Crippen MR) is 128 cm³/mol. The maximum absolute atomic E-state index is 11.5. The Morgan fingerprint density at radius 2 is 0.897 bits per heavy atom. The number of unbranched alkanes of at least 4 members (excludes halogenated alkanes) is 19. The first-order valence-electron chi connectivity index (χ1n) is 13.0. The van der Waals surface area contributed by atoms with Crippen LogP contribution in [0.2, 0.25) is 0 Å². The van der Waals surface area contributed by atoms with Crippen LogP contribution in [0.4, 0.5) is 0 Å². The molecule has 0 radical (unpaired) electrons. The topological polar surface area (TPSA) is 26.3 Å². The van der Waals surface area contributed by atoms with Crippen LogP contribution >= 0.6 is 0 Å². The second-order valence-corrected chi connectivity index (χ2v) is 8.83. The molecule has 0 bridgehead atoms. The van der Waals surface area contributed by atoms with Gasteiger partial charge in [0.15, 0.2) is 0 Å². The molecule has 0 heterocycles. The molecule has 0 aromatic heterocycles. The molecule has 0 fully saturated rings. The average Bonchev–Trinajstić information content (AvgIpc) is 2.74. The van der Waals surface area contributed by atoms with Crippen LogP contribution < -0.4 is 0 Å². The lowest BCUT2D eigenvalue weighted by Crippen LogP contribution is -2.06. The second-order valence-electron chi connectivity index (χ2n) is 8.83. The fraction of sp³-hybridized carbons (Fsp3) is 0.889. The maximum Gasteiger partial charge on any atom is 0.333 e. The fourth-order valence-corrected chi connectivity index (χ4v) is 3.75. The van der Waals surface area contributed by atoms with E-state index >= 15 is 0 Å². The molecule has 0 saturated heterocycles. The van der Waals surface area contributed by atoms with E-state index < -0.39 is 0 Å². The van der Waals surface area contributed by atoms with Crippen LogP contribution in [0.5, 0.6) is 0 Å². The molecule has 0 spiro atoms. The first-order valence-corrected chi connectivity index (χ1v) is 13.0. The summed E-state index contributed by atoms with van der Waals surface area (Å²) < 4.78 is 5.22. The molecule has 172 valence electrons. The Bertz CT molecular complexity index is 373. The number of esters is 1. The number of ether oxygens (including phenoxy) is 1. The summed E-state index contributed by atoms with van der Waals surface area (Å²) in [7, 11) is 0. The molecule has 0 N–H and O–H groups in total. The molecular weight excluding hydrogens is 356 g/mol. The molecule has 29 heavy (non-hydrogen) atoms. The van der Waals surface area contributed by atoms with E-state index in [0.717, 1.165) is 6.42 Å². The number of hydrogen-bond donors (Lipinski definition) is 0. The number of hydrogen-bond acceptors (Lipinski definition) is 2. The van der Waals surface area contributed by atoms with Gasteiger partial charge < -0.3 is 4.74 Å². The fourth-order valence-electron chi connectivity index (χ4n) is 3.75. The minimum absolute atomic E-state index is 0.162. The number of rotatable bonds is 22. The summed E-state index contributed by atoms with van der Waals surface area (Å²) in [4.78, 5) is 11.5. The van der Waals surface area contributed by atoms with E-state index in [-0.39, 0.29) is 5.97 Å². The monoisotopic (exact) mass is 408 g/mol. The van der Waals surface area contributed by atoms with E-state index in [2.05, 4.69) is 6.92 Å². The first-order chi connectivity index (χ1) is 14.2. The van der Waals surface area contributed by atoms with Gasteiger partial charge in [-0.15, -0.1) is 0 Å². The number of carbonyl (C=O) groups excluding carboxylic acids is 1. The smallest absolute Gasteiger partial charge is 0.333 e. The first kappa shape index (κ1) is 28.2. The van der Waals surface area contributed by atoms with Crippen LogP contribution in [-0.2, 0) is 9.53 Å². The zero-order chi connectivity index (χ0) is 21.4. The van der Waals surface area contributed by atoms with Gasteiger partial charge in [-0.1, -0.05) is 135 Å². The van der Waals surface area contributed by atoms with Crippen molar-refractivity contribution in [1.82, 2.24) is 0 Å². The Morgan fingerprint density at radius 1 is 0.586 bits per heavy atom. The Labute approximate surface area is 183 Å². The molecule has 0 rings (SSSR count). The third-order valence-electron chi connectivity index (χ3n) is 5.99. The minimum Gasteiger partial charge on any atom is -0.462 e. The van der Waals surface area contributed by atoms with Gasteiger partial charge in [-0.05, 0) is 20.3 Å². The molecule has 0 aliphatic carbocycles. The summed E-state index contributed by atoms with van der Waals surface area (Å²) >= 11 is 0. The molecule has 0 unspecified atom stereocenters. The zero-order valence-electron chi connectivity index (χ0n) is 20.2. The highest BCUT2D eigenvalue weighted by Crippen LogP contribution is 2.14. The molecule has 0 aliphatic rings. The lowest BCUT2D eigenvalue weighted by Gasteiger charge is -2.05. The molecule has 0 saturated carbocycles. The van der Waals surface area contributed by atoms with Gasteiger partial charge in [-0.3, -0.25) is 0 Å². The van der Waals surface area contributed by atoms with Crippen molar-refractivity contribution in [2.45, 2.75) is 149 Å². The third kappa shape index (κ3) is 21.7. The van der Waals surface area contributed by atoms with E-state index in [1.165, 1.54) is 122 Å². The molecule has 0 aliphatic heterocycles. The van der Waals surface area contributed by atoms with Crippen LogP contribution in [-0.4, -0.2) is 12.6 Å². The normalized spacial score (nSPS) is 11.8. The minimum atomic E-state index is -0.162. The van der Waals surface area contributed by atoms with Crippen molar-refractivity contribution in [3.63, 3.8) is 0 Å². The Balaban J connectivity index is 3.09. The summed E-state index contributed by atoms with van der Waals surface area (Å²) in [6, 6.07) is 0. The Kier molecular flexibility index (Phi) is 22.8. The lowest BCUT2D eigenvalue weighted by molar-refractivity contribution is -0.139. The maximum atomic E-state index is 11.5. The predicted octanol–water partition coefficient (Wildman–Crippen LogP) is 9.32. The van der Waals surface area contributed by atoms with Gasteiger partial charge in [0.05, 0.1) is 6.61 Å². The van der Waals surface area contributed by atoms with Crippen molar-refractivity contribution in [2.75, 3.05) is 6.61 Å². The van der Waals surface area contributed by atoms with E-state index in [1.807, 2.05) is 6.92 Å². The highest BCUT2D eigenvalue weighted by molar-refractivity contribution is 5.87. The van der Waals surface area contributed by atoms with Gasteiger partial charge >= 0.3 is 5.97 Å². The van der Waals surface area contributed by atoms with E-state index in [1.54, 1.807) is 13.0 Å². The largest absolute Gasteiger partial charge is 0.462 e. The van der Waals surface area contributed by atoms with Gasteiger partial charge in [-0.2, -0.15) is 0 Å². The van der Waals surface area contributed by atoms with Crippen molar-refractivity contribution in [1.29, 1.82) is 0 Å². The summed E-state index contributed by atoms with van der Waals surface area (Å²) in [5.74, 6) is -0.162. The average molecular weight is 409 g/mol. The molecule has 2 heteroatoms. The van der Waals surface area contributed by atoms with Crippen molar-refractivity contribution < 1.29 is 9.53 Å². The third-order valence-corrected chi connectivity index (χ3v) is 5.99. The van der Waals surface area contributed by atoms with Crippen molar-refractivity contribution in [3.05, 3.63) is 11.6 Å². The van der Waals surface area contributed by atoms with Gasteiger partial charge in [0.1, 0.15) is 0 Å². The van der Waals surface area contributed by atoms with Gasteiger partial charge in [0.25, 0.3) is 0 Å². The summed E-state index contributed by atoms with van der Waals surface area (Å²) in [5.41, 5.74) is 0.707. The Morgan fingerprint density at radius 3 is 1.21 bits per heavy atom. The van der Waals surface area contributed by atoms with Crippen LogP contribution in [0.15, 0.2) is 11.6 Å². The molecule has 0 aromatic rings. The van der Waals surface area contributed by atoms with Gasteiger partial charge in [-0.25, -0.2) is 4.79 Å². The SMILES string of the molecule is C/C=C(\C)C(=O)OCCCCCCCCCCCCCCCCCCCCCC. The highest BCUT2D eigenvalue weighted by atomic mass is 16.5. The quantitative estimate of drug-likeness (QED) is 0.101. The summed E-state index contributed by atoms with van der Waals surface area (Å²) in [6.07, 6.45) is 29.5. The second kappa shape index (κ2) is 23.5. The van der Waals surface area contributed by atoms with E-state index in [4.69, 9.17) is 4.74 Å². The van der Waals surface area contributed by atoms with Crippen LogP contribution in [0, 0.1) is 0 Å². The van der Waals surface area contributed by atoms with Crippen LogP contribution in [0.1, 0.15) is 149 Å². The van der Waals surface area contributed by atoms with Gasteiger partial charge in [0, 0.05) is 5.57 Å². The molecule has 0 atom stereocenters. The van der Waals surface area contributed by atoms with E-state index in [9.17, 15) is 4.79 Å². The van der Waals surface area contributed by atoms with Crippen molar-refractivity contribution in [2.24, 2.45) is 0 Å². The standard InChI is InChI=1S/C27H52O2/c1-4-6-7-8-9-10-11-12-13-14-15-16-17-18-19-20-21-22-23-24-25-29-27(28)26(3)5-2/h5H,4,6-25H2,1-3H3/b26-5+. The molecular formula is C27H52O2. The number of carbonyl (C=O) groups is 1. The van der Waals surface area contributed by atoms with Crippen molar-refractivity contribution >= 4 is 5.97 Å². The number of allylic oxidation sites excluding steroid dienone is 1. The van der Waals surface area contributed by atoms with Crippen LogP contribution in [0.25, 0.3) is 0 Å². The summed E-state index contributed by atoms with van der Waals surface area (Å²) in [5, 5.41) is 0. The Hall–Kier alpha value is -0.790. The molecule has 2 nitrogen and oxygen atoms in total. The van der Waals surface area contributed by atoms with Gasteiger partial charge in [0.2, 0.25) is 0 Å². The summed E-state index contributed by atoms with van der Waals surface area (Å²) in [6.45, 7) is 6.54. The van der Waals surface area contributed by atoms with Crippen molar-refractivity contribution in [3.8, 4) is 0 Å². The zero-order valence-corrected chi connectivity index (χ0v) is 20.2. The highest BCUT2D eigenvalue weighted by Gasteiger charge is 2.03. The lowest BCUT2D eigenvalue weighted by atomic mass is 10.0.